The van der Waals surface area contributed by atoms with Crippen LogP contribution in [-0.2, 0) is 12.3 Å². The number of hydrogen-bond donors (Lipinski definition) is 0. The fraction of sp³-hybridized carbons (Fsp3) is 0.267. The highest BCUT2D eigenvalue weighted by Crippen LogP contribution is 2.24. The molecule has 2 rings (SSSR count). The van der Waals surface area contributed by atoms with Crippen molar-refractivity contribution in [3.8, 4) is 0 Å². The van der Waals surface area contributed by atoms with Crippen LogP contribution in [0.2, 0.25) is 0 Å². The second-order valence-electron chi connectivity index (χ2n) is 4.36. The van der Waals surface area contributed by atoms with E-state index in [1.165, 1.54) is 6.07 Å². The quantitative estimate of drug-likeness (QED) is 0.777. The zero-order valence-electron chi connectivity index (χ0n) is 10.8. The Morgan fingerprint density at radius 3 is 2.74 bits per heavy atom. The van der Waals surface area contributed by atoms with Gasteiger partial charge >= 0.3 is 0 Å². The van der Waals surface area contributed by atoms with Crippen molar-refractivity contribution in [3.63, 3.8) is 0 Å². The van der Waals surface area contributed by atoms with Gasteiger partial charge < -0.3 is 4.90 Å². The zero-order chi connectivity index (χ0) is 13.7. The fourth-order valence-corrected chi connectivity index (χ4v) is 2.25. The van der Waals surface area contributed by atoms with Crippen LogP contribution in [0.3, 0.4) is 0 Å². The van der Waals surface area contributed by atoms with Crippen LogP contribution in [0.1, 0.15) is 11.3 Å². The molecule has 0 atom stereocenters. The maximum atomic E-state index is 13.7. The van der Waals surface area contributed by atoms with Crippen LogP contribution in [-0.4, -0.2) is 18.6 Å². The van der Waals surface area contributed by atoms with Crippen molar-refractivity contribution in [2.24, 2.45) is 0 Å². The molecular formula is C15H16ClFN2. The molecule has 0 radical (unpaired) electrons. The molecular weight excluding hydrogens is 263 g/mol. The second-order valence-corrected chi connectivity index (χ2v) is 4.63. The number of halogens is 2. The maximum absolute atomic E-state index is 13.7. The summed E-state index contributed by atoms with van der Waals surface area (Å²) in [5.41, 5.74) is 2.41. The Bertz CT molecular complexity index is 531. The summed E-state index contributed by atoms with van der Waals surface area (Å²) in [4.78, 5) is 6.29. The molecule has 100 valence electrons. The maximum Gasteiger partial charge on any atom is 0.129 e. The molecule has 19 heavy (non-hydrogen) atoms. The lowest BCUT2D eigenvalue weighted by Gasteiger charge is -2.22. The van der Waals surface area contributed by atoms with Crippen LogP contribution in [0.5, 0.6) is 0 Å². The molecule has 0 aliphatic carbocycles. The molecule has 2 nitrogen and oxygen atoms in total. The van der Waals surface area contributed by atoms with Crippen LogP contribution in [0.4, 0.5) is 10.1 Å². The smallest absolute Gasteiger partial charge is 0.129 e. The Kier molecular flexibility index (Phi) is 4.74. The number of aromatic nitrogens is 1. The van der Waals surface area contributed by atoms with E-state index in [4.69, 9.17) is 11.6 Å². The number of anilines is 1. The van der Waals surface area contributed by atoms with E-state index in [-0.39, 0.29) is 11.7 Å². The summed E-state index contributed by atoms with van der Waals surface area (Å²) in [5, 5.41) is 0. The molecule has 0 amide bonds. The molecule has 0 aliphatic heterocycles. The Balaban J connectivity index is 2.08. The Labute approximate surface area is 117 Å². The van der Waals surface area contributed by atoms with Crippen molar-refractivity contribution in [1.82, 2.24) is 4.98 Å². The van der Waals surface area contributed by atoms with Crippen LogP contribution in [0, 0.1) is 5.82 Å². The van der Waals surface area contributed by atoms with Gasteiger partial charge in [-0.1, -0.05) is 12.1 Å². The van der Waals surface area contributed by atoms with Gasteiger partial charge in [-0.3, -0.25) is 4.98 Å². The molecule has 1 aromatic carbocycles. The summed E-state index contributed by atoms with van der Waals surface area (Å²) in [7, 11) is 1.94. The van der Waals surface area contributed by atoms with Gasteiger partial charge in [0.15, 0.2) is 0 Å². The first-order valence-corrected chi connectivity index (χ1v) is 6.70. The number of alkyl halides is 1. The van der Waals surface area contributed by atoms with E-state index in [1.54, 1.807) is 12.3 Å². The van der Waals surface area contributed by atoms with Gasteiger partial charge in [-0.25, -0.2) is 4.39 Å². The molecule has 1 aromatic heterocycles. The normalized spacial score (nSPS) is 10.5. The number of benzene rings is 1. The van der Waals surface area contributed by atoms with Crippen LogP contribution in [0.25, 0.3) is 0 Å². The fourth-order valence-electron chi connectivity index (χ4n) is 1.99. The van der Waals surface area contributed by atoms with Gasteiger partial charge in [-0.05, 0) is 24.3 Å². The highest BCUT2D eigenvalue weighted by atomic mass is 35.5. The van der Waals surface area contributed by atoms with Gasteiger partial charge in [0, 0.05) is 43.2 Å². The highest BCUT2D eigenvalue weighted by Gasteiger charge is 2.11. The van der Waals surface area contributed by atoms with Gasteiger partial charge in [0.2, 0.25) is 0 Å². The molecule has 4 heteroatoms. The first-order valence-electron chi connectivity index (χ1n) is 6.16. The van der Waals surface area contributed by atoms with Gasteiger partial charge in [0.1, 0.15) is 5.82 Å². The van der Waals surface area contributed by atoms with E-state index in [0.29, 0.717) is 5.56 Å². The first-order chi connectivity index (χ1) is 9.22. The topological polar surface area (TPSA) is 16.1 Å². The van der Waals surface area contributed by atoms with Crippen LogP contribution < -0.4 is 4.90 Å². The highest BCUT2D eigenvalue weighted by molar-refractivity contribution is 6.17. The Hall–Kier alpha value is -1.61. The average molecular weight is 279 g/mol. The largest absolute Gasteiger partial charge is 0.374 e. The number of rotatable bonds is 5. The van der Waals surface area contributed by atoms with Crippen LogP contribution >= 0.6 is 11.6 Å². The lowest BCUT2D eigenvalue weighted by atomic mass is 10.1. The minimum Gasteiger partial charge on any atom is -0.374 e. The van der Waals surface area contributed by atoms with E-state index in [9.17, 15) is 4.39 Å². The van der Waals surface area contributed by atoms with E-state index in [1.807, 2.05) is 36.2 Å². The van der Waals surface area contributed by atoms with E-state index < -0.39 is 0 Å². The molecule has 0 saturated heterocycles. The molecule has 2 aromatic rings. The Morgan fingerprint density at radius 2 is 2.05 bits per heavy atom. The van der Waals surface area contributed by atoms with Gasteiger partial charge in [0.25, 0.3) is 0 Å². The van der Waals surface area contributed by atoms with E-state index in [2.05, 4.69) is 4.98 Å². The van der Waals surface area contributed by atoms with E-state index >= 15 is 0 Å². The standard InChI is InChI=1S/C15H16ClFN2/c1-19(10-8-12-5-2-3-9-18-12)15-7-4-6-14(17)13(15)11-16/h2-7,9H,8,10-11H2,1H3. The second kappa shape index (κ2) is 6.53. The van der Waals surface area contributed by atoms with Crippen molar-refractivity contribution < 1.29 is 4.39 Å². The number of pyridine rings is 1. The Morgan fingerprint density at radius 1 is 1.21 bits per heavy atom. The van der Waals surface area contributed by atoms with Gasteiger partial charge in [-0.2, -0.15) is 0 Å². The predicted molar refractivity (Wildman–Crippen MR) is 77.2 cm³/mol. The third kappa shape index (κ3) is 3.44. The average Bonchev–Trinajstić information content (AvgIpc) is 2.45. The lowest BCUT2D eigenvalue weighted by Crippen LogP contribution is -2.22. The predicted octanol–water partition coefficient (Wildman–Crippen LogP) is 3.64. The van der Waals surface area contributed by atoms with Crippen molar-refractivity contribution in [3.05, 3.63) is 59.7 Å². The number of nitrogens with zero attached hydrogens (tertiary/aromatic N) is 2. The third-order valence-corrected chi connectivity index (χ3v) is 3.34. The summed E-state index contributed by atoms with van der Waals surface area (Å²) in [6.45, 7) is 0.768. The molecule has 0 fully saturated rings. The van der Waals surface area contributed by atoms with Crippen molar-refractivity contribution in [1.29, 1.82) is 0 Å². The molecule has 0 saturated carbocycles. The van der Waals surface area contributed by atoms with Crippen molar-refractivity contribution in [2.45, 2.75) is 12.3 Å². The van der Waals surface area contributed by atoms with Gasteiger partial charge in [-0.15, -0.1) is 11.6 Å². The molecule has 0 unspecified atom stereocenters. The molecule has 0 aliphatic rings. The zero-order valence-corrected chi connectivity index (χ0v) is 11.6. The van der Waals surface area contributed by atoms with Crippen LogP contribution in [0.15, 0.2) is 42.6 Å². The summed E-state index contributed by atoms with van der Waals surface area (Å²) < 4.78 is 13.7. The first kappa shape index (κ1) is 13.8. The molecule has 0 N–H and O–H groups in total. The summed E-state index contributed by atoms with van der Waals surface area (Å²) in [6, 6.07) is 10.9. The summed E-state index contributed by atoms with van der Waals surface area (Å²) in [5.74, 6) is -0.0761. The third-order valence-electron chi connectivity index (χ3n) is 3.07. The minimum absolute atomic E-state index is 0.177. The van der Waals surface area contributed by atoms with Crippen molar-refractivity contribution >= 4 is 17.3 Å². The number of likely N-dealkylation sites (N-methyl/N-ethyl adjacent to an activating group) is 1. The van der Waals surface area contributed by atoms with Crippen molar-refractivity contribution in [2.75, 3.05) is 18.5 Å². The summed E-state index contributed by atoms with van der Waals surface area (Å²) in [6.07, 6.45) is 2.59. The summed E-state index contributed by atoms with van der Waals surface area (Å²) >= 11 is 5.82. The molecule has 0 spiro atoms. The SMILES string of the molecule is CN(CCc1ccccn1)c1cccc(F)c1CCl. The minimum atomic E-state index is -0.253. The molecule has 0 bridgehead atoms. The molecule has 1 heterocycles. The lowest BCUT2D eigenvalue weighted by molar-refractivity contribution is 0.616. The number of hydrogen-bond acceptors (Lipinski definition) is 2. The van der Waals surface area contributed by atoms with E-state index in [0.717, 1.165) is 24.3 Å². The van der Waals surface area contributed by atoms with Gasteiger partial charge in [0.05, 0.1) is 5.88 Å². The monoisotopic (exact) mass is 278 g/mol.